The molecule has 1 aliphatic carbocycles. The zero-order chi connectivity index (χ0) is 14.0. The van der Waals surface area contributed by atoms with Crippen molar-refractivity contribution in [1.29, 1.82) is 0 Å². The van der Waals surface area contributed by atoms with Crippen molar-refractivity contribution < 1.29 is 14.3 Å². The van der Waals surface area contributed by atoms with Crippen LogP contribution in [0.3, 0.4) is 0 Å². The summed E-state index contributed by atoms with van der Waals surface area (Å²) in [4.78, 5) is 14.8. The van der Waals surface area contributed by atoms with Crippen LogP contribution in [0.5, 0.6) is 0 Å². The largest absolute Gasteiger partial charge is 0.478 e. The third-order valence-corrected chi connectivity index (χ3v) is 3.67. The fraction of sp³-hybridized carbons (Fsp3) is 0.571. The van der Waals surface area contributed by atoms with Crippen LogP contribution in [0.4, 0.5) is 10.2 Å². The lowest BCUT2D eigenvalue weighted by molar-refractivity contribution is 0.0691. The van der Waals surface area contributed by atoms with Crippen LogP contribution < -0.4 is 5.32 Å². The highest BCUT2D eigenvalue weighted by atomic mass is 19.1. The van der Waals surface area contributed by atoms with Crippen LogP contribution in [0.1, 0.15) is 49.9 Å². The van der Waals surface area contributed by atoms with Crippen molar-refractivity contribution in [1.82, 2.24) is 4.98 Å². The molecule has 0 radical (unpaired) electrons. The summed E-state index contributed by atoms with van der Waals surface area (Å²) in [5, 5.41) is 11.9. The first-order valence-corrected chi connectivity index (χ1v) is 6.53. The van der Waals surface area contributed by atoms with E-state index in [2.05, 4.69) is 24.1 Å². The molecule has 0 aliphatic heterocycles. The van der Waals surface area contributed by atoms with E-state index in [9.17, 15) is 9.18 Å². The number of pyridine rings is 1. The Bertz CT molecular complexity index is 488. The van der Waals surface area contributed by atoms with E-state index in [0.29, 0.717) is 0 Å². The highest BCUT2D eigenvalue weighted by Crippen LogP contribution is 2.36. The highest BCUT2D eigenvalue weighted by Gasteiger charge is 2.29. The number of hydrogen-bond donors (Lipinski definition) is 2. The molecule has 2 rings (SSSR count). The normalized spacial score (nSPS) is 21.9. The van der Waals surface area contributed by atoms with Crippen LogP contribution in [-0.4, -0.2) is 22.1 Å². The number of carboxylic acid groups (broad SMARTS) is 1. The standard InChI is InChI=1S/C14H19FN2O2/c1-14(2)6-3-4-9(8-14)17-12-11(15)10(13(18)19)5-7-16-12/h5,7,9H,3-4,6,8H2,1-2H3,(H,16,17)(H,18,19). The summed E-state index contributed by atoms with van der Waals surface area (Å²) in [6.07, 6.45) is 5.47. The smallest absolute Gasteiger partial charge is 0.338 e. The topological polar surface area (TPSA) is 62.2 Å². The number of anilines is 1. The fourth-order valence-electron chi connectivity index (χ4n) is 2.72. The lowest BCUT2D eigenvalue weighted by Crippen LogP contribution is -2.32. The van der Waals surface area contributed by atoms with E-state index in [-0.39, 0.29) is 22.8 Å². The van der Waals surface area contributed by atoms with Gasteiger partial charge in [0.25, 0.3) is 0 Å². The molecule has 1 fully saturated rings. The highest BCUT2D eigenvalue weighted by molar-refractivity contribution is 5.88. The summed E-state index contributed by atoms with van der Waals surface area (Å²) in [7, 11) is 0. The van der Waals surface area contributed by atoms with E-state index in [1.807, 2.05) is 0 Å². The maximum atomic E-state index is 14.0. The van der Waals surface area contributed by atoms with Gasteiger partial charge in [-0.25, -0.2) is 14.2 Å². The molecule has 1 saturated carbocycles. The van der Waals surface area contributed by atoms with Gasteiger partial charge in [0.1, 0.15) is 5.56 Å². The van der Waals surface area contributed by atoms with Crippen LogP contribution in [0.15, 0.2) is 12.3 Å². The second-order valence-corrected chi connectivity index (χ2v) is 5.93. The number of aromatic carboxylic acids is 1. The van der Waals surface area contributed by atoms with Crippen molar-refractivity contribution in [3.63, 3.8) is 0 Å². The van der Waals surface area contributed by atoms with Gasteiger partial charge in [0, 0.05) is 12.2 Å². The molecule has 0 saturated heterocycles. The van der Waals surface area contributed by atoms with Crippen molar-refractivity contribution in [3.8, 4) is 0 Å². The fourth-order valence-corrected chi connectivity index (χ4v) is 2.72. The predicted octanol–water partition coefficient (Wildman–Crippen LogP) is 3.30. The summed E-state index contributed by atoms with van der Waals surface area (Å²) >= 11 is 0. The van der Waals surface area contributed by atoms with E-state index in [0.717, 1.165) is 25.7 Å². The molecule has 1 heterocycles. The summed E-state index contributed by atoms with van der Waals surface area (Å²) < 4.78 is 14.0. The van der Waals surface area contributed by atoms with Crippen molar-refractivity contribution in [2.45, 2.75) is 45.6 Å². The van der Waals surface area contributed by atoms with Gasteiger partial charge in [0.05, 0.1) is 0 Å². The third-order valence-electron chi connectivity index (χ3n) is 3.67. The molecule has 0 bridgehead atoms. The minimum Gasteiger partial charge on any atom is -0.478 e. The Labute approximate surface area is 112 Å². The summed E-state index contributed by atoms with van der Waals surface area (Å²) in [5.74, 6) is -2.01. The second-order valence-electron chi connectivity index (χ2n) is 5.93. The molecule has 4 nitrogen and oxygen atoms in total. The number of nitrogens with one attached hydrogen (secondary N) is 1. The Morgan fingerprint density at radius 3 is 2.95 bits per heavy atom. The average molecular weight is 266 g/mol. The van der Waals surface area contributed by atoms with Gasteiger partial charge in [-0.15, -0.1) is 0 Å². The number of aromatic nitrogens is 1. The molecule has 104 valence electrons. The first-order valence-electron chi connectivity index (χ1n) is 6.53. The van der Waals surface area contributed by atoms with Gasteiger partial charge < -0.3 is 10.4 Å². The number of halogens is 1. The molecular formula is C14H19FN2O2. The Morgan fingerprint density at radius 1 is 1.58 bits per heavy atom. The molecule has 19 heavy (non-hydrogen) atoms. The van der Waals surface area contributed by atoms with Gasteiger partial charge in [-0.1, -0.05) is 20.3 Å². The monoisotopic (exact) mass is 266 g/mol. The molecule has 1 aromatic heterocycles. The molecule has 1 aromatic rings. The van der Waals surface area contributed by atoms with E-state index in [1.54, 1.807) is 0 Å². The Balaban J connectivity index is 2.15. The first-order chi connectivity index (χ1) is 8.89. The minimum atomic E-state index is -1.27. The number of hydrogen-bond acceptors (Lipinski definition) is 3. The third kappa shape index (κ3) is 3.22. The summed E-state index contributed by atoms with van der Waals surface area (Å²) in [5.41, 5.74) is -0.107. The number of rotatable bonds is 3. The maximum Gasteiger partial charge on any atom is 0.338 e. The average Bonchev–Trinajstić information content (AvgIpc) is 2.30. The molecule has 1 unspecified atom stereocenters. The van der Waals surface area contributed by atoms with Crippen molar-refractivity contribution >= 4 is 11.8 Å². The molecule has 0 aromatic carbocycles. The van der Waals surface area contributed by atoms with Crippen molar-refractivity contribution in [3.05, 3.63) is 23.6 Å². The lowest BCUT2D eigenvalue weighted by Gasteiger charge is -2.35. The van der Waals surface area contributed by atoms with Crippen LogP contribution in [0.2, 0.25) is 0 Å². The molecule has 1 aliphatic rings. The molecule has 1 atom stereocenters. The van der Waals surface area contributed by atoms with Crippen molar-refractivity contribution in [2.24, 2.45) is 5.41 Å². The Morgan fingerprint density at radius 2 is 2.32 bits per heavy atom. The first kappa shape index (κ1) is 13.8. The van der Waals surface area contributed by atoms with Crippen LogP contribution >= 0.6 is 0 Å². The SMILES string of the molecule is CC1(C)CCCC(Nc2nccc(C(=O)O)c2F)C1. The molecule has 2 N–H and O–H groups in total. The molecule has 0 amide bonds. The number of carboxylic acids is 1. The zero-order valence-corrected chi connectivity index (χ0v) is 11.2. The van der Waals surface area contributed by atoms with Gasteiger partial charge in [0.2, 0.25) is 0 Å². The van der Waals surface area contributed by atoms with Crippen LogP contribution in [-0.2, 0) is 0 Å². The van der Waals surface area contributed by atoms with Crippen LogP contribution in [0.25, 0.3) is 0 Å². The maximum absolute atomic E-state index is 14.0. The van der Waals surface area contributed by atoms with E-state index in [1.165, 1.54) is 12.3 Å². The Kier molecular flexibility index (Phi) is 3.73. The van der Waals surface area contributed by atoms with Crippen molar-refractivity contribution in [2.75, 3.05) is 5.32 Å². The van der Waals surface area contributed by atoms with Gasteiger partial charge in [-0.2, -0.15) is 0 Å². The quantitative estimate of drug-likeness (QED) is 0.881. The van der Waals surface area contributed by atoms with Gasteiger partial charge >= 0.3 is 5.97 Å². The summed E-state index contributed by atoms with van der Waals surface area (Å²) in [6.45, 7) is 4.39. The van der Waals surface area contributed by atoms with Gasteiger partial charge in [-0.3, -0.25) is 0 Å². The number of carbonyl (C=O) groups is 1. The Hall–Kier alpha value is -1.65. The molecule has 0 spiro atoms. The molecule has 5 heteroatoms. The van der Waals surface area contributed by atoms with Gasteiger partial charge in [-0.05, 0) is 30.7 Å². The van der Waals surface area contributed by atoms with E-state index < -0.39 is 11.8 Å². The minimum absolute atomic E-state index is 0.0441. The molecular weight excluding hydrogens is 247 g/mol. The van der Waals surface area contributed by atoms with Gasteiger partial charge in [0.15, 0.2) is 11.6 Å². The zero-order valence-electron chi connectivity index (χ0n) is 11.2. The summed E-state index contributed by atoms with van der Waals surface area (Å²) in [6, 6.07) is 1.32. The second kappa shape index (κ2) is 5.15. The van der Waals surface area contributed by atoms with Crippen LogP contribution in [0, 0.1) is 11.2 Å². The van der Waals surface area contributed by atoms with E-state index >= 15 is 0 Å². The lowest BCUT2D eigenvalue weighted by atomic mass is 9.75. The number of nitrogens with zero attached hydrogens (tertiary/aromatic N) is 1. The van der Waals surface area contributed by atoms with E-state index in [4.69, 9.17) is 5.11 Å². The predicted molar refractivity (Wildman–Crippen MR) is 70.8 cm³/mol.